The highest BCUT2D eigenvalue weighted by atomic mass is 35.5. The average molecular weight is 315 g/mol. The van der Waals surface area contributed by atoms with Gasteiger partial charge in [-0.1, -0.05) is 35.9 Å². The van der Waals surface area contributed by atoms with Gasteiger partial charge < -0.3 is 10.1 Å². The summed E-state index contributed by atoms with van der Waals surface area (Å²) in [5.41, 5.74) is 1.70. The summed E-state index contributed by atoms with van der Waals surface area (Å²) < 4.78 is 5.40. The molecule has 0 fully saturated rings. The van der Waals surface area contributed by atoms with Crippen molar-refractivity contribution in [2.75, 3.05) is 13.7 Å². The summed E-state index contributed by atoms with van der Waals surface area (Å²) in [7, 11) is 1.57. The molecule has 0 radical (unpaired) electrons. The number of halogens is 1. The van der Waals surface area contributed by atoms with Crippen molar-refractivity contribution in [1.82, 2.24) is 5.32 Å². The van der Waals surface area contributed by atoms with Gasteiger partial charge in [0.25, 0.3) is 5.91 Å². The third-order valence-corrected chi connectivity index (χ3v) is 3.58. The summed E-state index contributed by atoms with van der Waals surface area (Å²) in [4.78, 5) is 12.1. The van der Waals surface area contributed by atoms with E-state index in [9.17, 15) is 4.79 Å². The monoisotopic (exact) mass is 314 g/mol. The quantitative estimate of drug-likeness (QED) is 0.920. The van der Waals surface area contributed by atoms with Crippen LogP contribution in [-0.4, -0.2) is 19.6 Å². The lowest BCUT2D eigenvalue weighted by molar-refractivity contribution is 0.0828. The molecule has 5 heteroatoms. The SMILES string of the molecule is CO[C@H](CNC(=O)c1cccc(C#N)c1)c1ccccc1Cl. The molecule has 4 nitrogen and oxygen atoms in total. The number of nitriles is 1. The topological polar surface area (TPSA) is 62.1 Å². The van der Waals surface area contributed by atoms with E-state index in [1.807, 2.05) is 24.3 Å². The smallest absolute Gasteiger partial charge is 0.251 e. The maximum atomic E-state index is 12.1. The Bertz CT molecular complexity index is 710. The largest absolute Gasteiger partial charge is 0.375 e. The third kappa shape index (κ3) is 3.85. The van der Waals surface area contributed by atoms with E-state index >= 15 is 0 Å². The van der Waals surface area contributed by atoms with Crippen LogP contribution < -0.4 is 5.32 Å². The number of carbonyl (C=O) groups excluding carboxylic acids is 1. The van der Waals surface area contributed by atoms with Crippen LogP contribution >= 0.6 is 11.6 Å². The second kappa shape index (κ2) is 7.60. The molecule has 1 N–H and O–H groups in total. The number of nitrogens with zero attached hydrogens (tertiary/aromatic N) is 1. The van der Waals surface area contributed by atoms with Crippen LogP contribution in [0.3, 0.4) is 0 Å². The van der Waals surface area contributed by atoms with Crippen LogP contribution in [0.5, 0.6) is 0 Å². The van der Waals surface area contributed by atoms with Gasteiger partial charge in [-0.25, -0.2) is 0 Å². The molecular formula is C17H15ClN2O2. The highest BCUT2D eigenvalue weighted by molar-refractivity contribution is 6.31. The lowest BCUT2D eigenvalue weighted by Crippen LogP contribution is -2.29. The van der Waals surface area contributed by atoms with Gasteiger partial charge in [0, 0.05) is 29.8 Å². The molecule has 0 bridgehead atoms. The van der Waals surface area contributed by atoms with Gasteiger partial charge >= 0.3 is 0 Å². The Kier molecular flexibility index (Phi) is 5.54. The molecule has 2 rings (SSSR count). The molecule has 0 spiro atoms. The highest BCUT2D eigenvalue weighted by Gasteiger charge is 2.15. The molecular weight excluding hydrogens is 300 g/mol. The Morgan fingerprint density at radius 1 is 1.32 bits per heavy atom. The van der Waals surface area contributed by atoms with Gasteiger partial charge in [-0.05, 0) is 24.3 Å². The van der Waals surface area contributed by atoms with E-state index in [4.69, 9.17) is 21.6 Å². The summed E-state index contributed by atoms with van der Waals surface area (Å²) in [5.74, 6) is -0.258. The number of amides is 1. The first-order chi connectivity index (χ1) is 10.7. The lowest BCUT2D eigenvalue weighted by atomic mass is 10.1. The van der Waals surface area contributed by atoms with Crippen LogP contribution in [-0.2, 0) is 4.74 Å². The Labute approximate surface area is 134 Å². The third-order valence-electron chi connectivity index (χ3n) is 3.24. The molecule has 0 saturated heterocycles. The van der Waals surface area contributed by atoms with Gasteiger partial charge in [0.1, 0.15) is 6.10 Å². The van der Waals surface area contributed by atoms with Crippen molar-refractivity contribution in [2.45, 2.75) is 6.10 Å². The molecule has 2 aromatic carbocycles. The molecule has 1 amide bonds. The summed E-state index contributed by atoms with van der Waals surface area (Å²) in [5, 5.41) is 12.3. The van der Waals surface area contributed by atoms with Crippen molar-refractivity contribution in [3.05, 3.63) is 70.2 Å². The standard InChI is InChI=1S/C17H15ClN2O2/c1-22-16(14-7-2-3-8-15(14)18)11-20-17(21)13-6-4-5-12(9-13)10-19/h2-9,16H,11H2,1H3,(H,20,21)/t16-/m1/s1. The zero-order valence-electron chi connectivity index (χ0n) is 12.0. The van der Waals surface area contributed by atoms with Gasteiger partial charge in [-0.2, -0.15) is 5.26 Å². The van der Waals surface area contributed by atoms with E-state index in [0.29, 0.717) is 16.1 Å². The zero-order valence-corrected chi connectivity index (χ0v) is 12.8. The molecule has 112 valence electrons. The first-order valence-electron chi connectivity index (χ1n) is 6.71. The number of hydrogen-bond acceptors (Lipinski definition) is 3. The van der Waals surface area contributed by atoms with E-state index < -0.39 is 0 Å². The van der Waals surface area contributed by atoms with Crippen molar-refractivity contribution in [1.29, 1.82) is 5.26 Å². The average Bonchev–Trinajstić information content (AvgIpc) is 2.56. The van der Waals surface area contributed by atoms with E-state index in [1.165, 1.54) is 0 Å². The van der Waals surface area contributed by atoms with E-state index in [2.05, 4.69) is 5.32 Å². The van der Waals surface area contributed by atoms with Crippen molar-refractivity contribution < 1.29 is 9.53 Å². The summed E-state index contributed by atoms with van der Waals surface area (Å²) >= 11 is 6.14. The van der Waals surface area contributed by atoms with E-state index in [0.717, 1.165) is 5.56 Å². The van der Waals surface area contributed by atoms with Crippen LogP contribution in [0.25, 0.3) is 0 Å². The van der Waals surface area contributed by atoms with Crippen molar-refractivity contribution in [3.8, 4) is 6.07 Å². The Hall–Kier alpha value is -2.35. The van der Waals surface area contributed by atoms with Crippen molar-refractivity contribution in [3.63, 3.8) is 0 Å². The minimum Gasteiger partial charge on any atom is -0.375 e. The number of nitrogens with one attached hydrogen (secondary N) is 1. The molecule has 0 aliphatic rings. The number of rotatable bonds is 5. The minimum atomic E-state index is -0.336. The molecule has 2 aromatic rings. The predicted molar refractivity (Wildman–Crippen MR) is 84.7 cm³/mol. The fourth-order valence-electron chi connectivity index (χ4n) is 2.07. The van der Waals surface area contributed by atoms with Crippen LogP contribution in [0.1, 0.15) is 27.6 Å². The lowest BCUT2D eigenvalue weighted by Gasteiger charge is -2.17. The number of carbonyl (C=O) groups is 1. The van der Waals surface area contributed by atoms with E-state index in [-0.39, 0.29) is 18.6 Å². The summed E-state index contributed by atoms with van der Waals surface area (Å²) in [6, 6.07) is 15.9. The normalized spacial score (nSPS) is 11.5. The Balaban J connectivity index is 2.06. The molecule has 0 aliphatic carbocycles. The van der Waals surface area contributed by atoms with Gasteiger partial charge in [-0.15, -0.1) is 0 Å². The van der Waals surface area contributed by atoms with Crippen LogP contribution in [0.4, 0.5) is 0 Å². The van der Waals surface area contributed by atoms with Gasteiger partial charge in [-0.3, -0.25) is 4.79 Å². The Morgan fingerprint density at radius 3 is 2.77 bits per heavy atom. The molecule has 1 atom stereocenters. The van der Waals surface area contributed by atoms with Crippen molar-refractivity contribution >= 4 is 17.5 Å². The minimum absolute atomic E-state index is 0.258. The molecule has 22 heavy (non-hydrogen) atoms. The molecule has 0 saturated carbocycles. The maximum absolute atomic E-state index is 12.1. The molecule has 0 heterocycles. The fourth-order valence-corrected chi connectivity index (χ4v) is 2.33. The fraction of sp³-hybridized carbons (Fsp3) is 0.176. The van der Waals surface area contributed by atoms with Crippen molar-refractivity contribution in [2.24, 2.45) is 0 Å². The van der Waals surface area contributed by atoms with Crippen LogP contribution in [0, 0.1) is 11.3 Å². The van der Waals surface area contributed by atoms with Crippen LogP contribution in [0.2, 0.25) is 5.02 Å². The van der Waals surface area contributed by atoms with Crippen LogP contribution in [0.15, 0.2) is 48.5 Å². The molecule has 0 aliphatic heterocycles. The maximum Gasteiger partial charge on any atom is 0.251 e. The summed E-state index contributed by atoms with van der Waals surface area (Å²) in [6.07, 6.45) is -0.336. The highest BCUT2D eigenvalue weighted by Crippen LogP contribution is 2.24. The van der Waals surface area contributed by atoms with Gasteiger partial charge in [0.05, 0.1) is 11.6 Å². The first kappa shape index (κ1) is 16.0. The van der Waals surface area contributed by atoms with E-state index in [1.54, 1.807) is 37.4 Å². The molecule has 0 aromatic heterocycles. The second-order valence-electron chi connectivity index (χ2n) is 4.65. The second-order valence-corrected chi connectivity index (χ2v) is 5.06. The van der Waals surface area contributed by atoms with Gasteiger partial charge in [0.15, 0.2) is 0 Å². The first-order valence-corrected chi connectivity index (χ1v) is 7.09. The number of benzene rings is 2. The number of ether oxygens (including phenoxy) is 1. The van der Waals surface area contributed by atoms with Gasteiger partial charge in [0.2, 0.25) is 0 Å². The number of methoxy groups -OCH3 is 1. The predicted octanol–water partition coefficient (Wildman–Crippen LogP) is 3.33. The zero-order chi connectivity index (χ0) is 15.9. The molecule has 0 unspecified atom stereocenters. The summed E-state index contributed by atoms with van der Waals surface area (Å²) in [6.45, 7) is 0.288. The Morgan fingerprint density at radius 2 is 2.09 bits per heavy atom. The number of hydrogen-bond donors (Lipinski definition) is 1.